The molecule has 1 unspecified atom stereocenters. The third-order valence-corrected chi connectivity index (χ3v) is 6.10. The molecule has 26 heavy (non-hydrogen) atoms. The first-order chi connectivity index (χ1) is 12.6. The largest absolute Gasteiger partial charge is 0.347 e. The Bertz CT molecular complexity index is 925. The van der Waals surface area contributed by atoms with Crippen molar-refractivity contribution in [1.29, 1.82) is 0 Å². The summed E-state index contributed by atoms with van der Waals surface area (Å²) in [6, 6.07) is 9.47. The van der Waals surface area contributed by atoms with Crippen LogP contribution in [0.15, 0.2) is 36.5 Å². The quantitative estimate of drug-likeness (QED) is 0.719. The fourth-order valence-electron chi connectivity index (χ4n) is 3.17. The SMILES string of the molecule is Cc1ccc(NC(=O)C2CCCN(c3nc4cccnc4s3)C2)cc1Cl. The average Bonchev–Trinajstić information content (AvgIpc) is 3.09. The lowest BCUT2D eigenvalue weighted by molar-refractivity contribution is -0.120. The molecule has 5 nitrogen and oxygen atoms in total. The molecule has 1 aromatic carbocycles. The van der Waals surface area contributed by atoms with E-state index in [4.69, 9.17) is 11.6 Å². The van der Waals surface area contributed by atoms with E-state index in [-0.39, 0.29) is 11.8 Å². The van der Waals surface area contributed by atoms with E-state index in [1.807, 2.05) is 31.2 Å². The van der Waals surface area contributed by atoms with Crippen LogP contribution in [0.25, 0.3) is 10.3 Å². The molecule has 1 atom stereocenters. The topological polar surface area (TPSA) is 58.1 Å². The van der Waals surface area contributed by atoms with Gasteiger partial charge in [0.1, 0.15) is 10.3 Å². The van der Waals surface area contributed by atoms with Gasteiger partial charge in [-0.05, 0) is 49.6 Å². The molecule has 134 valence electrons. The summed E-state index contributed by atoms with van der Waals surface area (Å²) in [6.45, 7) is 3.53. The molecule has 1 saturated heterocycles. The molecule has 1 fully saturated rings. The van der Waals surface area contributed by atoms with Gasteiger partial charge >= 0.3 is 0 Å². The summed E-state index contributed by atoms with van der Waals surface area (Å²) in [6.07, 6.45) is 3.63. The van der Waals surface area contributed by atoms with Crippen LogP contribution in [0, 0.1) is 12.8 Å². The van der Waals surface area contributed by atoms with E-state index in [2.05, 4.69) is 20.2 Å². The second-order valence-electron chi connectivity index (χ2n) is 6.56. The van der Waals surface area contributed by atoms with Crippen molar-refractivity contribution in [2.45, 2.75) is 19.8 Å². The highest BCUT2D eigenvalue weighted by Gasteiger charge is 2.27. The first-order valence-corrected chi connectivity index (χ1v) is 9.83. The van der Waals surface area contributed by atoms with E-state index < -0.39 is 0 Å². The number of anilines is 2. The Balaban J connectivity index is 1.47. The zero-order valence-electron chi connectivity index (χ0n) is 14.4. The smallest absolute Gasteiger partial charge is 0.229 e. The molecule has 7 heteroatoms. The van der Waals surface area contributed by atoms with Crippen LogP contribution >= 0.6 is 22.9 Å². The van der Waals surface area contributed by atoms with Crippen LogP contribution in [-0.4, -0.2) is 29.0 Å². The van der Waals surface area contributed by atoms with Gasteiger partial charge in [0.2, 0.25) is 5.91 Å². The van der Waals surface area contributed by atoms with E-state index in [0.717, 1.165) is 46.1 Å². The van der Waals surface area contributed by atoms with Gasteiger partial charge in [-0.2, -0.15) is 0 Å². The van der Waals surface area contributed by atoms with Crippen LogP contribution in [0.5, 0.6) is 0 Å². The van der Waals surface area contributed by atoms with Gasteiger partial charge in [0, 0.05) is 30.0 Å². The highest BCUT2D eigenvalue weighted by Crippen LogP contribution is 2.31. The van der Waals surface area contributed by atoms with Crippen molar-refractivity contribution in [2.75, 3.05) is 23.3 Å². The molecular weight excluding hydrogens is 368 g/mol. The second-order valence-corrected chi connectivity index (χ2v) is 7.93. The van der Waals surface area contributed by atoms with Crippen LogP contribution in [0.1, 0.15) is 18.4 Å². The Kier molecular flexibility index (Phi) is 4.78. The number of rotatable bonds is 3. The van der Waals surface area contributed by atoms with E-state index in [1.54, 1.807) is 23.6 Å². The molecule has 0 saturated carbocycles. The molecule has 0 spiro atoms. The molecular formula is C19H19ClN4OS. The molecule has 0 bridgehead atoms. The fourth-order valence-corrected chi connectivity index (χ4v) is 4.30. The lowest BCUT2D eigenvalue weighted by atomic mass is 9.97. The predicted molar refractivity (Wildman–Crippen MR) is 107 cm³/mol. The Morgan fingerprint density at radius 3 is 3.08 bits per heavy atom. The summed E-state index contributed by atoms with van der Waals surface area (Å²) in [5.41, 5.74) is 2.65. The highest BCUT2D eigenvalue weighted by atomic mass is 35.5. The van der Waals surface area contributed by atoms with Gasteiger partial charge in [0.25, 0.3) is 0 Å². The zero-order chi connectivity index (χ0) is 18.1. The highest BCUT2D eigenvalue weighted by molar-refractivity contribution is 7.21. The molecule has 3 aromatic rings. The average molecular weight is 387 g/mol. The predicted octanol–water partition coefficient (Wildman–Crippen LogP) is 4.51. The summed E-state index contributed by atoms with van der Waals surface area (Å²) in [7, 11) is 0. The van der Waals surface area contributed by atoms with Crippen molar-refractivity contribution in [2.24, 2.45) is 5.92 Å². The van der Waals surface area contributed by atoms with E-state index >= 15 is 0 Å². The summed E-state index contributed by atoms with van der Waals surface area (Å²) in [5, 5.41) is 4.60. The van der Waals surface area contributed by atoms with Gasteiger partial charge in [-0.1, -0.05) is 29.0 Å². The van der Waals surface area contributed by atoms with Gasteiger partial charge in [0.15, 0.2) is 5.13 Å². The van der Waals surface area contributed by atoms with E-state index in [0.29, 0.717) is 11.6 Å². The van der Waals surface area contributed by atoms with Gasteiger partial charge in [-0.15, -0.1) is 0 Å². The maximum absolute atomic E-state index is 12.7. The van der Waals surface area contributed by atoms with Gasteiger partial charge in [-0.25, -0.2) is 9.97 Å². The van der Waals surface area contributed by atoms with Crippen LogP contribution in [-0.2, 0) is 4.79 Å². The molecule has 1 N–H and O–H groups in total. The third kappa shape index (κ3) is 3.52. The molecule has 1 aliphatic heterocycles. The first kappa shape index (κ1) is 17.2. The Morgan fingerprint density at radius 2 is 2.27 bits per heavy atom. The molecule has 1 aliphatic rings. The molecule has 1 amide bonds. The van der Waals surface area contributed by atoms with Crippen molar-refractivity contribution < 1.29 is 4.79 Å². The summed E-state index contributed by atoms with van der Waals surface area (Å²) < 4.78 is 0. The van der Waals surface area contributed by atoms with Crippen LogP contribution in [0.4, 0.5) is 10.8 Å². The maximum Gasteiger partial charge on any atom is 0.229 e. The minimum absolute atomic E-state index is 0.0360. The number of piperidine rings is 1. The molecule has 3 heterocycles. The summed E-state index contributed by atoms with van der Waals surface area (Å²) >= 11 is 7.73. The summed E-state index contributed by atoms with van der Waals surface area (Å²) in [4.78, 5) is 24.9. The van der Waals surface area contributed by atoms with Crippen LogP contribution in [0.3, 0.4) is 0 Å². The number of hydrogen-bond donors (Lipinski definition) is 1. The van der Waals surface area contributed by atoms with Gasteiger partial charge in [-0.3, -0.25) is 4.79 Å². The number of fused-ring (bicyclic) bond motifs is 1. The van der Waals surface area contributed by atoms with Crippen molar-refractivity contribution in [3.63, 3.8) is 0 Å². The van der Waals surface area contributed by atoms with Gasteiger partial charge in [0.05, 0.1) is 5.92 Å². The number of aromatic nitrogens is 2. The van der Waals surface area contributed by atoms with Crippen molar-refractivity contribution >= 4 is 50.0 Å². The number of carbonyl (C=O) groups is 1. The number of pyridine rings is 1. The Labute approximate surface area is 161 Å². The van der Waals surface area contributed by atoms with Crippen LogP contribution in [0.2, 0.25) is 5.02 Å². The van der Waals surface area contributed by atoms with Gasteiger partial charge < -0.3 is 10.2 Å². The number of carbonyl (C=O) groups excluding carboxylic acids is 1. The summed E-state index contributed by atoms with van der Waals surface area (Å²) in [5.74, 6) is -0.0299. The number of benzene rings is 1. The number of halogens is 1. The zero-order valence-corrected chi connectivity index (χ0v) is 16.0. The number of amides is 1. The number of nitrogens with one attached hydrogen (secondary N) is 1. The normalized spacial score (nSPS) is 17.5. The lowest BCUT2D eigenvalue weighted by Crippen LogP contribution is -2.40. The van der Waals surface area contributed by atoms with Crippen molar-refractivity contribution in [3.05, 3.63) is 47.1 Å². The first-order valence-electron chi connectivity index (χ1n) is 8.63. The molecule has 0 aliphatic carbocycles. The minimum atomic E-state index is -0.0659. The van der Waals surface area contributed by atoms with Crippen molar-refractivity contribution in [1.82, 2.24) is 9.97 Å². The number of nitrogens with zero attached hydrogens (tertiary/aromatic N) is 3. The molecule has 4 rings (SSSR count). The Morgan fingerprint density at radius 1 is 1.38 bits per heavy atom. The molecule has 0 radical (unpaired) electrons. The Hall–Kier alpha value is -2.18. The minimum Gasteiger partial charge on any atom is -0.347 e. The number of aryl methyl sites for hydroxylation is 1. The lowest BCUT2D eigenvalue weighted by Gasteiger charge is -2.31. The second kappa shape index (κ2) is 7.21. The monoisotopic (exact) mass is 386 g/mol. The van der Waals surface area contributed by atoms with E-state index in [9.17, 15) is 4.79 Å². The number of hydrogen-bond acceptors (Lipinski definition) is 5. The van der Waals surface area contributed by atoms with E-state index in [1.165, 1.54) is 0 Å². The standard InChI is InChI=1S/C19H19ClN4OS/c1-12-6-7-14(10-15(12)20)22-17(25)13-4-3-9-24(11-13)19-23-16-5-2-8-21-18(16)26-19/h2,5-8,10,13H,3-4,9,11H2,1H3,(H,22,25). The molecule has 2 aromatic heterocycles. The number of thiazole rings is 1. The third-order valence-electron chi connectivity index (χ3n) is 4.66. The maximum atomic E-state index is 12.7. The van der Waals surface area contributed by atoms with Crippen LogP contribution < -0.4 is 10.2 Å². The fraction of sp³-hybridized carbons (Fsp3) is 0.316. The van der Waals surface area contributed by atoms with Crippen molar-refractivity contribution in [3.8, 4) is 0 Å².